The summed E-state index contributed by atoms with van der Waals surface area (Å²) in [6, 6.07) is 8.74. The summed E-state index contributed by atoms with van der Waals surface area (Å²) in [5.41, 5.74) is 1.06. The number of carbonyl (C=O) groups is 2. The van der Waals surface area contributed by atoms with Crippen LogP contribution in [-0.4, -0.2) is 116 Å². The molecule has 0 bridgehead atoms. The van der Waals surface area contributed by atoms with Crippen molar-refractivity contribution in [3.05, 3.63) is 117 Å². The molecule has 4 heterocycles. The average Bonchev–Trinajstić information content (AvgIpc) is 3.17. The predicted molar refractivity (Wildman–Crippen MR) is 235 cm³/mol. The first-order valence-corrected chi connectivity index (χ1v) is 16.5. The van der Waals surface area contributed by atoms with Gasteiger partial charge >= 0.3 is 5.97 Å². The molecule has 4 aromatic heterocycles. The predicted octanol–water partition coefficient (Wildman–Crippen LogP) is 2.85. The van der Waals surface area contributed by atoms with Gasteiger partial charge in [0.15, 0.2) is 6.29 Å². The van der Waals surface area contributed by atoms with Crippen molar-refractivity contribution in [3.63, 3.8) is 0 Å². The lowest BCUT2D eigenvalue weighted by molar-refractivity contribution is 0.0688. The molecule has 0 saturated carbocycles. The first-order chi connectivity index (χ1) is 26.6. The fourth-order valence-corrected chi connectivity index (χ4v) is 5.73. The topological polar surface area (TPSA) is 143 Å². The number of hydrogen-bond acceptors (Lipinski definition) is 8. The molecule has 22 heteroatoms. The first-order valence-electron chi connectivity index (χ1n) is 16.5. The van der Waals surface area contributed by atoms with Gasteiger partial charge in [0, 0.05) is 62.4 Å². The van der Waals surface area contributed by atoms with Gasteiger partial charge in [-0.15, -0.1) is 0 Å². The summed E-state index contributed by atoms with van der Waals surface area (Å²) >= 11 is 0. The summed E-state index contributed by atoms with van der Waals surface area (Å²) in [6.07, 6.45) is 8.17. The second-order valence-electron chi connectivity index (χ2n) is 12.2. The molecule has 58 heavy (non-hydrogen) atoms. The zero-order chi connectivity index (χ0) is 41.4. The van der Waals surface area contributed by atoms with E-state index in [1.165, 1.54) is 61.1 Å². The van der Waals surface area contributed by atoms with Gasteiger partial charge in [0.05, 0.1) is 30.6 Å². The van der Waals surface area contributed by atoms with Crippen LogP contribution in [0.2, 0.25) is 0 Å². The number of aldehydes is 1. The SMILES string of the molecule is C.C.COc1cc(-c2cn(C)c(=O)c3cnccc23)cc(F)c1C(=O)O.COc1cc(-c2cn(C)c(=O)c3cnccc23)cc(F)c1C=O.[B]B([B])B([B][B-])B([B])[B]. The summed E-state index contributed by atoms with van der Waals surface area (Å²) in [6.45, 7) is 0. The van der Waals surface area contributed by atoms with Crippen LogP contribution in [0.25, 0.3) is 43.8 Å². The number of fused-ring (bicyclic) bond motifs is 2. The largest absolute Gasteiger partial charge is 0.690 e. The maximum atomic E-state index is 14.3. The number of rotatable bonds is 9. The highest BCUT2D eigenvalue weighted by molar-refractivity contribution is 7.93. The second-order valence-corrected chi connectivity index (χ2v) is 12.2. The monoisotopic (exact) mass is 771 g/mol. The molecule has 0 amide bonds. The van der Waals surface area contributed by atoms with E-state index in [1.807, 2.05) is 0 Å². The minimum absolute atomic E-state index is 0. The fraction of sp³-hybridized carbons (Fsp3) is 0.167. The number of aromatic carboxylic acids is 1. The molecule has 282 valence electrons. The Morgan fingerprint density at radius 2 is 1.22 bits per heavy atom. The molecule has 6 aromatic rings. The van der Waals surface area contributed by atoms with Crippen LogP contribution in [0.5, 0.6) is 11.5 Å². The van der Waals surface area contributed by atoms with Crippen molar-refractivity contribution < 1.29 is 33.0 Å². The normalized spacial score (nSPS) is 9.98. The van der Waals surface area contributed by atoms with Crippen molar-refractivity contribution in [2.75, 3.05) is 14.2 Å². The minimum Gasteiger partial charge on any atom is -0.690 e. The lowest BCUT2D eigenvalue weighted by Gasteiger charge is -2.25. The van der Waals surface area contributed by atoms with Crippen molar-refractivity contribution in [3.8, 4) is 33.8 Å². The van der Waals surface area contributed by atoms with Gasteiger partial charge in [-0.2, -0.15) is 0 Å². The van der Waals surface area contributed by atoms with Gasteiger partial charge in [0.1, 0.15) is 28.7 Å². The lowest BCUT2D eigenvalue weighted by atomic mass is 8.64. The van der Waals surface area contributed by atoms with Gasteiger partial charge in [-0.3, -0.25) is 31.4 Å². The van der Waals surface area contributed by atoms with E-state index in [0.717, 1.165) is 6.07 Å². The van der Waals surface area contributed by atoms with Crippen LogP contribution in [0, 0.1) is 11.6 Å². The van der Waals surface area contributed by atoms with E-state index < -0.39 is 35.9 Å². The first kappa shape index (κ1) is 48.5. The van der Waals surface area contributed by atoms with E-state index in [4.69, 9.17) is 53.3 Å². The molecule has 0 aliphatic heterocycles. The zero-order valence-electron chi connectivity index (χ0n) is 30.6. The van der Waals surface area contributed by atoms with Crippen molar-refractivity contribution in [1.82, 2.24) is 19.1 Å². The molecule has 0 saturated heterocycles. The standard InChI is InChI=1S/C17H13FN2O4.C17H13FN2O3.2CH4.B9/c1-20-8-12(10-3-4-19-7-11(10)16(20)21)9-5-13(18)15(17(22)23)14(6-9)24-2;1-20-8-13(11-3-4-19-7-12(11)17(20)22)10-5-15(18)14(9-21)16(6-10)23-2;;;1-6-9(7(2)3)8(4)5/h3-8H,1-2H3,(H,22,23);3-9H,1-2H3;2*1H4;/q;;;;-1. The third-order valence-corrected chi connectivity index (χ3v) is 8.62. The number of carbonyl (C=O) groups excluding carboxylic acids is 1. The number of carboxylic acid groups (broad SMARTS) is 1. The summed E-state index contributed by atoms with van der Waals surface area (Å²) in [5, 5.41) is 11.2. The number of nitrogens with zero attached hydrogens (tertiary/aromatic N) is 4. The quantitative estimate of drug-likeness (QED) is 0.174. The van der Waals surface area contributed by atoms with Crippen molar-refractivity contribution >= 4 is 98.7 Å². The van der Waals surface area contributed by atoms with E-state index in [2.05, 4.69) is 9.97 Å². The Kier molecular flexibility index (Phi) is 17.7. The second kappa shape index (κ2) is 21.2. The molecule has 12 radical (unpaired) electrons. The van der Waals surface area contributed by atoms with Crippen LogP contribution in [0.3, 0.4) is 0 Å². The molecule has 1 N–H and O–H groups in total. The molecule has 0 aliphatic rings. The van der Waals surface area contributed by atoms with Crippen LogP contribution < -0.4 is 20.6 Å². The fourth-order valence-electron chi connectivity index (χ4n) is 5.73. The van der Waals surface area contributed by atoms with Gasteiger partial charge in [-0.1, -0.05) is 14.9 Å². The zero-order valence-corrected chi connectivity index (χ0v) is 30.6. The number of hydrogen-bond donors (Lipinski definition) is 1. The Labute approximate surface area is 343 Å². The molecular weight excluding hydrogens is 736 g/mol. The van der Waals surface area contributed by atoms with Gasteiger partial charge in [0.25, 0.3) is 11.1 Å². The Morgan fingerprint density at radius 1 is 0.793 bits per heavy atom. The number of benzene rings is 2. The number of pyridine rings is 4. The third kappa shape index (κ3) is 10.4. The van der Waals surface area contributed by atoms with Gasteiger partial charge < -0.3 is 31.5 Å². The lowest BCUT2D eigenvalue weighted by Crippen LogP contribution is -2.55. The highest BCUT2D eigenvalue weighted by Gasteiger charge is 2.21. The van der Waals surface area contributed by atoms with Crippen molar-refractivity contribution in [2.24, 2.45) is 14.1 Å². The van der Waals surface area contributed by atoms with Crippen LogP contribution in [0.1, 0.15) is 35.6 Å². The van der Waals surface area contributed by atoms with Crippen molar-refractivity contribution in [1.29, 1.82) is 0 Å². The Balaban J connectivity index is 0.000000323. The maximum Gasteiger partial charge on any atom is 0.342 e. The molecule has 2 aromatic carbocycles. The highest BCUT2D eigenvalue weighted by atomic mass is 19.1. The van der Waals surface area contributed by atoms with E-state index in [9.17, 15) is 28.0 Å². The summed E-state index contributed by atoms with van der Waals surface area (Å²) in [4.78, 5) is 54.5. The van der Waals surface area contributed by atoms with Crippen molar-refractivity contribution in [2.45, 2.75) is 14.9 Å². The van der Waals surface area contributed by atoms with Crippen LogP contribution in [-0.2, 0) is 14.1 Å². The molecule has 0 atom stereocenters. The molecule has 0 spiro atoms. The molecule has 6 rings (SSSR count). The molecule has 0 unspecified atom stereocenters. The average molecular weight is 770 g/mol. The summed E-state index contributed by atoms with van der Waals surface area (Å²) in [7, 11) is 33.3. The maximum absolute atomic E-state index is 14.3. The molecule has 11 nitrogen and oxygen atoms in total. The molecule has 0 fully saturated rings. The van der Waals surface area contributed by atoms with E-state index in [0.29, 0.717) is 50.1 Å². The Hall–Kier alpha value is -5.66. The van der Waals surface area contributed by atoms with Gasteiger partial charge in [-0.25, -0.2) is 13.6 Å². The Morgan fingerprint density at radius 3 is 1.59 bits per heavy atom. The van der Waals surface area contributed by atoms with Crippen LogP contribution in [0.4, 0.5) is 8.78 Å². The number of aryl methyl sites for hydroxylation is 2. The molecular formula is C36H34B9F2N4O7-. The van der Waals surface area contributed by atoms with Crippen LogP contribution in [0.15, 0.2) is 83.2 Å². The Bertz CT molecular complexity index is 2540. The smallest absolute Gasteiger partial charge is 0.342 e. The van der Waals surface area contributed by atoms with E-state index >= 15 is 0 Å². The van der Waals surface area contributed by atoms with Crippen LogP contribution >= 0.6 is 0 Å². The number of aromatic nitrogens is 4. The number of halogens is 2. The summed E-state index contributed by atoms with van der Waals surface area (Å²) in [5.74, 6) is -2.94. The highest BCUT2D eigenvalue weighted by Crippen LogP contribution is 2.34. The number of methoxy groups -OCH3 is 2. The van der Waals surface area contributed by atoms with Gasteiger partial charge in [-0.05, 0) is 108 Å². The summed E-state index contributed by atoms with van der Waals surface area (Å²) < 4.78 is 41.3. The van der Waals surface area contributed by atoms with E-state index in [-0.39, 0.29) is 49.4 Å². The number of ether oxygens (including phenoxy) is 2. The third-order valence-electron chi connectivity index (χ3n) is 8.62. The van der Waals surface area contributed by atoms with Gasteiger partial charge in [0.2, 0.25) is 0 Å². The van der Waals surface area contributed by atoms with E-state index in [1.54, 1.807) is 50.9 Å². The molecule has 0 aliphatic carbocycles. The number of carboxylic acids is 1. The minimum atomic E-state index is -1.41.